The van der Waals surface area contributed by atoms with Gasteiger partial charge >= 0.3 is 5.97 Å². The van der Waals surface area contributed by atoms with Crippen molar-refractivity contribution < 1.29 is 14.7 Å². The molecule has 1 atom stereocenters. The molecule has 6 heteroatoms. The summed E-state index contributed by atoms with van der Waals surface area (Å²) in [5.74, 6) is -1.08. The van der Waals surface area contributed by atoms with E-state index in [1.54, 1.807) is 12.1 Å². The van der Waals surface area contributed by atoms with Crippen LogP contribution in [0.4, 0.5) is 0 Å². The van der Waals surface area contributed by atoms with Crippen molar-refractivity contribution >= 4 is 11.9 Å². The highest BCUT2D eigenvalue weighted by Gasteiger charge is 2.38. The van der Waals surface area contributed by atoms with Crippen LogP contribution < -0.4 is 5.32 Å². The molecule has 1 unspecified atom stereocenters. The summed E-state index contributed by atoms with van der Waals surface area (Å²) >= 11 is 0. The molecule has 0 saturated carbocycles. The van der Waals surface area contributed by atoms with E-state index in [0.29, 0.717) is 24.8 Å². The number of benzene rings is 1. The number of hydrogen-bond donors (Lipinski definition) is 2. The zero-order chi connectivity index (χ0) is 19.3. The number of carbonyl (C=O) groups is 2. The third-order valence-corrected chi connectivity index (χ3v) is 5.19. The van der Waals surface area contributed by atoms with Gasteiger partial charge in [-0.25, -0.2) is 0 Å². The van der Waals surface area contributed by atoms with E-state index in [1.165, 1.54) is 0 Å². The van der Waals surface area contributed by atoms with Gasteiger partial charge in [0.2, 0.25) is 5.91 Å². The first-order valence-corrected chi connectivity index (χ1v) is 8.86. The van der Waals surface area contributed by atoms with Crippen LogP contribution >= 0.6 is 0 Å². The summed E-state index contributed by atoms with van der Waals surface area (Å²) in [6, 6.07) is 9.08. The average molecular weight is 357 g/mol. The smallest absolute Gasteiger partial charge is 0.315 e. The molecular weight excluding hydrogens is 330 g/mol. The van der Waals surface area contributed by atoms with Gasteiger partial charge < -0.3 is 10.4 Å². The number of nitrogens with one attached hydrogen (secondary N) is 1. The molecule has 2 rings (SSSR count). The van der Waals surface area contributed by atoms with Crippen LogP contribution in [0.25, 0.3) is 0 Å². The highest BCUT2D eigenvalue weighted by Crippen LogP contribution is 2.28. The fraction of sp³-hybridized carbons (Fsp3) is 0.450. The van der Waals surface area contributed by atoms with Crippen LogP contribution in [-0.4, -0.2) is 33.3 Å². The molecule has 0 saturated heterocycles. The lowest BCUT2D eigenvalue weighted by atomic mass is 9.78. The summed E-state index contributed by atoms with van der Waals surface area (Å²) < 4.78 is 1.81. The molecule has 140 valence electrons. The Bertz CT molecular complexity index is 783. The van der Waals surface area contributed by atoms with Gasteiger partial charge in [-0.1, -0.05) is 37.3 Å². The number of amides is 1. The number of rotatable bonds is 8. The largest absolute Gasteiger partial charge is 0.481 e. The third-order valence-electron chi connectivity index (χ3n) is 5.19. The molecule has 1 aromatic carbocycles. The number of carbonyl (C=O) groups excluding carboxylic acids is 1. The van der Waals surface area contributed by atoms with Crippen LogP contribution in [0.1, 0.15) is 42.3 Å². The van der Waals surface area contributed by atoms with Crippen LogP contribution in [-0.2, 0) is 28.5 Å². The van der Waals surface area contributed by atoms with E-state index in [0.717, 1.165) is 17.0 Å². The van der Waals surface area contributed by atoms with Gasteiger partial charge in [0, 0.05) is 25.7 Å². The minimum Gasteiger partial charge on any atom is -0.481 e. The van der Waals surface area contributed by atoms with Crippen molar-refractivity contribution in [2.75, 3.05) is 6.54 Å². The molecule has 2 N–H and O–H groups in total. The Hall–Kier alpha value is -2.63. The summed E-state index contributed by atoms with van der Waals surface area (Å²) in [5.41, 5.74) is 2.64. The van der Waals surface area contributed by atoms with Crippen LogP contribution in [0, 0.1) is 13.8 Å². The Labute approximate surface area is 154 Å². The first-order valence-electron chi connectivity index (χ1n) is 8.86. The highest BCUT2D eigenvalue weighted by atomic mass is 16.4. The monoisotopic (exact) mass is 357 g/mol. The Balaban J connectivity index is 2.04. The predicted molar refractivity (Wildman–Crippen MR) is 100 cm³/mol. The van der Waals surface area contributed by atoms with E-state index < -0.39 is 11.4 Å². The first-order chi connectivity index (χ1) is 12.3. The van der Waals surface area contributed by atoms with Crippen molar-refractivity contribution in [3.05, 3.63) is 52.8 Å². The van der Waals surface area contributed by atoms with Crippen molar-refractivity contribution in [1.82, 2.24) is 15.1 Å². The molecule has 0 aliphatic rings. The molecule has 0 aliphatic heterocycles. The van der Waals surface area contributed by atoms with E-state index in [2.05, 4.69) is 10.4 Å². The van der Waals surface area contributed by atoms with Crippen molar-refractivity contribution in [1.29, 1.82) is 0 Å². The third kappa shape index (κ3) is 3.95. The van der Waals surface area contributed by atoms with Gasteiger partial charge in [0.1, 0.15) is 5.41 Å². The Morgan fingerprint density at radius 1 is 1.23 bits per heavy atom. The van der Waals surface area contributed by atoms with Crippen LogP contribution in [0.5, 0.6) is 0 Å². The summed E-state index contributed by atoms with van der Waals surface area (Å²) in [6.45, 7) is 5.82. The summed E-state index contributed by atoms with van der Waals surface area (Å²) in [6.07, 6.45) is 1.30. The second kappa shape index (κ2) is 8.17. The molecule has 0 spiro atoms. The van der Waals surface area contributed by atoms with E-state index in [1.807, 2.05) is 50.7 Å². The number of nitrogens with zero attached hydrogens (tertiary/aromatic N) is 2. The number of carboxylic acids is 1. The number of hydrogen-bond acceptors (Lipinski definition) is 3. The molecular formula is C20H27N3O3. The normalized spacial score (nSPS) is 13.2. The van der Waals surface area contributed by atoms with Gasteiger partial charge in [0.15, 0.2) is 0 Å². The zero-order valence-corrected chi connectivity index (χ0v) is 15.9. The molecule has 0 fully saturated rings. The topological polar surface area (TPSA) is 84.2 Å². The van der Waals surface area contributed by atoms with Gasteiger partial charge in [0.05, 0.1) is 5.69 Å². The molecule has 26 heavy (non-hydrogen) atoms. The molecule has 1 heterocycles. The maximum atomic E-state index is 12.3. The lowest BCUT2D eigenvalue weighted by molar-refractivity contribution is -0.144. The molecule has 1 amide bonds. The van der Waals surface area contributed by atoms with E-state index >= 15 is 0 Å². The Morgan fingerprint density at radius 3 is 2.38 bits per heavy atom. The SMILES string of the molecule is CCC(CNC(=O)CCc1c(C)nn(C)c1C)(C(=O)O)c1ccccc1. The van der Waals surface area contributed by atoms with Gasteiger partial charge in [-0.15, -0.1) is 0 Å². The van der Waals surface area contributed by atoms with Crippen LogP contribution in [0.3, 0.4) is 0 Å². The van der Waals surface area contributed by atoms with Crippen LogP contribution in [0.2, 0.25) is 0 Å². The number of aryl methyl sites for hydroxylation is 2. The second-order valence-corrected chi connectivity index (χ2v) is 6.66. The predicted octanol–water partition coefficient (Wildman–Crippen LogP) is 2.52. The van der Waals surface area contributed by atoms with E-state index in [9.17, 15) is 14.7 Å². The molecule has 0 aliphatic carbocycles. The summed E-state index contributed by atoms with van der Waals surface area (Å²) in [7, 11) is 1.88. The lowest BCUT2D eigenvalue weighted by Gasteiger charge is -2.29. The van der Waals surface area contributed by atoms with Crippen molar-refractivity contribution in [3.8, 4) is 0 Å². The standard InChI is InChI=1S/C20H27N3O3/c1-5-20(19(25)26,16-9-7-6-8-10-16)13-21-18(24)12-11-17-14(2)22-23(4)15(17)3/h6-10H,5,11-13H2,1-4H3,(H,21,24)(H,25,26). The van der Waals surface area contributed by atoms with Crippen molar-refractivity contribution in [2.24, 2.45) is 7.05 Å². The van der Waals surface area contributed by atoms with Gasteiger partial charge in [-0.2, -0.15) is 5.10 Å². The van der Waals surface area contributed by atoms with E-state index in [4.69, 9.17) is 0 Å². The summed E-state index contributed by atoms with van der Waals surface area (Å²) in [5, 5.41) is 17.0. The zero-order valence-electron chi connectivity index (χ0n) is 15.9. The first kappa shape index (κ1) is 19.7. The molecule has 2 aromatic rings. The minimum absolute atomic E-state index is 0.0761. The molecule has 0 radical (unpaired) electrons. The fourth-order valence-electron chi connectivity index (χ4n) is 3.29. The average Bonchev–Trinajstić information content (AvgIpc) is 2.86. The van der Waals surface area contributed by atoms with Gasteiger partial charge in [-0.05, 0) is 37.8 Å². The van der Waals surface area contributed by atoms with Gasteiger partial charge in [-0.3, -0.25) is 14.3 Å². The number of carboxylic acid groups (broad SMARTS) is 1. The van der Waals surface area contributed by atoms with Gasteiger partial charge in [0.25, 0.3) is 0 Å². The minimum atomic E-state index is -1.11. The molecule has 6 nitrogen and oxygen atoms in total. The Kier molecular flexibility index (Phi) is 6.18. The fourth-order valence-corrected chi connectivity index (χ4v) is 3.29. The van der Waals surface area contributed by atoms with Crippen molar-refractivity contribution in [3.63, 3.8) is 0 Å². The van der Waals surface area contributed by atoms with E-state index in [-0.39, 0.29) is 12.5 Å². The highest BCUT2D eigenvalue weighted by molar-refractivity contribution is 5.83. The number of aliphatic carboxylic acids is 1. The quantitative estimate of drug-likeness (QED) is 0.760. The van der Waals surface area contributed by atoms with Crippen molar-refractivity contribution in [2.45, 2.75) is 45.4 Å². The lowest BCUT2D eigenvalue weighted by Crippen LogP contribution is -2.46. The molecule has 1 aromatic heterocycles. The second-order valence-electron chi connectivity index (χ2n) is 6.66. The molecule has 0 bridgehead atoms. The maximum absolute atomic E-state index is 12.3. The van der Waals surface area contributed by atoms with Crippen LogP contribution in [0.15, 0.2) is 30.3 Å². The Morgan fingerprint density at radius 2 is 1.88 bits per heavy atom. The summed E-state index contributed by atoms with van der Waals surface area (Å²) in [4.78, 5) is 24.3. The maximum Gasteiger partial charge on any atom is 0.315 e. The number of aromatic nitrogens is 2.